The molecule has 1 aromatic carbocycles. The van der Waals surface area contributed by atoms with E-state index in [-0.39, 0.29) is 0 Å². The number of rotatable bonds is 4. The fourth-order valence-electron chi connectivity index (χ4n) is 2.12. The molecule has 3 aromatic rings. The molecule has 0 aliphatic rings. The second-order valence-corrected chi connectivity index (χ2v) is 4.44. The smallest absolute Gasteiger partial charge is 0.136 e. The molecule has 0 unspecified atom stereocenters. The van der Waals surface area contributed by atoms with Crippen LogP contribution in [0, 0.1) is 0 Å². The predicted octanol–water partition coefficient (Wildman–Crippen LogP) is 3.14. The van der Waals surface area contributed by atoms with Gasteiger partial charge in [0.25, 0.3) is 0 Å². The van der Waals surface area contributed by atoms with Gasteiger partial charge in [0.2, 0.25) is 0 Å². The van der Waals surface area contributed by atoms with Crippen LogP contribution in [-0.4, -0.2) is 17.0 Å². The van der Waals surface area contributed by atoms with Crippen LogP contribution in [-0.2, 0) is 6.54 Å². The molecule has 0 bridgehead atoms. The first-order chi connectivity index (χ1) is 9.88. The normalized spacial score (nSPS) is 10.7. The number of benzene rings is 1. The average Bonchev–Trinajstić information content (AvgIpc) is 2.50. The van der Waals surface area contributed by atoms with E-state index in [0.29, 0.717) is 6.54 Å². The maximum atomic E-state index is 6.06. The van der Waals surface area contributed by atoms with Crippen molar-refractivity contribution in [3.63, 3.8) is 0 Å². The number of pyridine rings is 2. The lowest BCUT2D eigenvalue weighted by Crippen LogP contribution is -2.06. The largest absolute Gasteiger partial charge is 0.456 e. The molecule has 4 nitrogen and oxygen atoms in total. The van der Waals surface area contributed by atoms with Gasteiger partial charge in [0, 0.05) is 36.1 Å². The van der Waals surface area contributed by atoms with Crippen molar-refractivity contribution >= 4 is 10.9 Å². The Morgan fingerprint density at radius 3 is 2.90 bits per heavy atom. The molecule has 2 aromatic heterocycles. The summed E-state index contributed by atoms with van der Waals surface area (Å²) in [5, 5.41) is 4.12. The monoisotopic (exact) mass is 265 g/mol. The summed E-state index contributed by atoms with van der Waals surface area (Å²) in [6.07, 6.45) is 5.33. The van der Waals surface area contributed by atoms with Crippen LogP contribution in [0.3, 0.4) is 0 Å². The van der Waals surface area contributed by atoms with Crippen LogP contribution in [0.2, 0.25) is 0 Å². The molecular weight excluding hydrogens is 250 g/mol. The van der Waals surface area contributed by atoms with E-state index in [4.69, 9.17) is 4.74 Å². The summed E-state index contributed by atoms with van der Waals surface area (Å²) in [6.45, 7) is 0.714. The Morgan fingerprint density at radius 1 is 1.05 bits per heavy atom. The molecular formula is C16H15N3O. The Balaban J connectivity index is 2.01. The highest BCUT2D eigenvalue weighted by Gasteiger charge is 2.07. The standard InChI is InChI=1S/C16H15N3O/c1-17-10-12-11-18-9-7-15(12)20-16-6-2-5-14-13(16)4-3-8-19-14/h2-9,11,17H,10H2,1H3. The van der Waals surface area contributed by atoms with Gasteiger partial charge < -0.3 is 10.1 Å². The van der Waals surface area contributed by atoms with E-state index >= 15 is 0 Å². The molecule has 3 rings (SSSR count). The minimum Gasteiger partial charge on any atom is -0.456 e. The van der Waals surface area contributed by atoms with E-state index < -0.39 is 0 Å². The fourth-order valence-corrected chi connectivity index (χ4v) is 2.12. The minimum atomic E-state index is 0.714. The highest BCUT2D eigenvalue weighted by atomic mass is 16.5. The number of nitrogens with zero attached hydrogens (tertiary/aromatic N) is 2. The van der Waals surface area contributed by atoms with E-state index in [0.717, 1.165) is 28.0 Å². The molecule has 0 saturated heterocycles. The van der Waals surface area contributed by atoms with Gasteiger partial charge in [0.05, 0.1) is 5.52 Å². The van der Waals surface area contributed by atoms with Crippen molar-refractivity contribution in [2.75, 3.05) is 7.05 Å². The molecule has 2 heterocycles. The van der Waals surface area contributed by atoms with Gasteiger partial charge in [-0.2, -0.15) is 0 Å². The van der Waals surface area contributed by atoms with Crippen LogP contribution in [0.4, 0.5) is 0 Å². The zero-order valence-electron chi connectivity index (χ0n) is 11.2. The van der Waals surface area contributed by atoms with Gasteiger partial charge >= 0.3 is 0 Å². The van der Waals surface area contributed by atoms with E-state index in [1.54, 1.807) is 12.4 Å². The minimum absolute atomic E-state index is 0.714. The third kappa shape index (κ3) is 2.46. The third-order valence-corrected chi connectivity index (χ3v) is 3.05. The van der Waals surface area contributed by atoms with Crippen molar-refractivity contribution in [1.29, 1.82) is 0 Å². The zero-order valence-corrected chi connectivity index (χ0v) is 11.2. The SMILES string of the molecule is CNCc1cnccc1Oc1cccc2ncccc12. The van der Waals surface area contributed by atoms with Crippen molar-refractivity contribution < 1.29 is 4.74 Å². The van der Waals surface area contributed by atoms with Crippen molar-refractivity contribution in [3.05, 3.63) is 60.6 Å². The zero-order chi connectivity index (χ0) is 13.8. The van der Waals surface area contributed by atoms with Gasteiger partial charge in [-0.25, -0.2) is 0 Å². The molecule has 100 valence electrons. The molecule has 0 atom stereocenters. The third-order valence-electron chi connectivity index (χ3n) is 3.05. The molecule has 0 radical (unpaired) electrons. The first-order valence-corrected chi connectivity index (χ1v) is 6.47. The van der Waals surface area contributed by atoms with Crippen LogP contribution < -0.4 is 10.1 Å². The van der Waals surface area contributed by atoms with Gasteiger partial charge in [-0.1, -0.05) is 6.07 Å². The summed E-state index contributed by atoms with van der Waals surface area (Å²) in [5.74, 6) is 1.62. The number of fused-ring (bicyclic) bond motifs is 1. The molecule has 1 N–H and O–H groups in total. The van der Waals surface area contributed by atoms with Crippen LogP contribution in [0.1, 0.15) is 5.56 Å². The molecule has 20 heavy (non-hydrogen) atoms. The first-order valence-electron chi connectivity index (χ1n) is 6.47. The first kappa shape index (κ1) is 12.6. The number of hydrogen-bond acceptors (Lipinski definition) is 4. The second kappa shape index (κ2) is 5.67. The maximum absolute atomic E-state index is 6.06. The van der Waals surface area contributed by atoms with Crippen LogP contribution in [0.25, 0.3) is 10.9 Å². The summed E-state index contributed by atoms with van der Waals surface area (Å²) >= 11 is 0. The van der Waals surface area contributed by atoms with Crippen LogP contribution >= 0.6 is 0 Å². The van der Waals surface area contributed by atoms with E-state index in [9.17, 15) is 0 Å². The molecule has 0 aliphatic carbocycles. The number of aromatic nitrogens is 2. The number of hydrogen-bond donors (Lipinski definition) is 1. The summed E-state index contributed by atoms with van der Waals surface area (Å²) in [5.41, 5.74) is 1.95. The van der Waals surface area contributed by atoms with Crippen molar-refractivity contribution in [2.24, 2.45) is 0 Å². The Hall–Kier alpha value is -2.46. The number of nitrogens with one attached hydrogen (secondary N) is 1. The van der Waals surface area contributed by atoms with Gasteiger partial charge in [0.1, 0.15) is 11.5 Å². The van der Waals surface area contributed by atoms with E-state index in [1.165, 1.54) is 0 Å². The Kier molecular flexibility index (Phi) is 3.56. The quantitative estimate of drug-likeness (QED) is 0.787. The van der Waals surface area contributed by atoms with Gasteiger partial charge in [-0.15, -0.1) is 0 Å². The van der Waals surface area contributed by atoms with E-state index in [2.05, 4.69) is 15.3 Å². The fraction of sp³-hybridized carbons (Fsp3) is 0.125. The summed E-state index contributed by atoms with van der Waals surface area (Å²) < 4.78 is 6.06. The van der Waals surface area contributed by atoms with Crippen molar-refractivity contribution in [3.8, 4) is 11.5 Å². The summed E-state index contributed by atoms with van der Waals surface area (Å²) in [6, 6.07) is 11.7. The average molecular weight is 265 g/mol. The maximum Gasteiger partial charge on any atom is 0.136 e. The summed E-state index contributed by atoms with van der Waals surface area (Å²) in [4.78, 5) is 8.47. The highest BCUT2D eigenvalue weighted by molar-refractivity contribution is 5.85. The van der Waals surface area contributed by atoms with Crippen molar-refractivity contribution in [2.45, 2.75) is 6.54 Å². The van der Waals surface area contributed by atoms with Crippen molar-refractivity contribution in [1.82, 2.24) is 15.3 Å². The van der Waals surface area contributed by atoms with E-state index in [1.807, 2.05) is 49.6 Å². The highest BCUT2D eigenvalue weighted by Crippen LogP contribution is 2.30. The van der Waals surface area contributed by atoms with Gasteiger partial charge in [-0.05, 0) is 37.4 Å². The van der Waals surface area contributed by atoms with Crippen LogP contribution in [0.15, 0.2) is 55.0 Å². The molecule has 0 amide bonds. The van der Waals surface area contributed by atoms with Crippen LogP contribution in [0.5, 0.6) is 11.5 Å². The van der Waals surface area contributed by atoms with Gasteiger partial charge in [-0.3, -0.25) is 9.97 Å². The molecule has 0 saturated carbocycles. The summed E-state index contributed by atoms with van der Waals surface area (Å²) in [7, 11) is 1.90. The topological polar surface area (TPSA) is 47.0 Å². The predicted molar refractivity (Wildman–Crippen MR) is 78.8 cm³/mol. The molecule has 4 heteroatoms. The van der Waals surface area contributed by atoms with Gasteiger partial charge in [0.15, 0.2) is 0 Å². The lowest BCUT2D eigenvalue weighted by molar-refractivity contribution is 0.478. The molecule has 0 aliphatic heterocycles. The Bertz CT molecular complexity index is 722. The second-order valence-electron chi connectivity index (χ2n) is 4.44. The lowest BCUT2D eigenvalue weighted by atomic mass is 10.2. The number of ether oxygens (including phenoxy) is 1. The molecule has 0 fully saturated rings. The molecule has 0 spiro atoms. The Morgan fingerprint density at radius 2 is 2.00 bits per heavy atom. The Labute approximate surface area is 117 Å². The lowest BCUT2D eigenvalue weighted by Gasteiger charge is -2.12.